The molecule has 0 spiro atoms. The van der Waals surface area contributed by atoms with Crippen molar-refractivity contribution in [2.75, 3.05) is 31.1 Å². The zero-order chi connectivity index (χ0) is 13.0. The first-order valence-corrected chi connectivity index (χ1v) is 8.13. The van der Waals surface area contributed by atoms with Crippen LogP contribution in [0.4, 0.5) is 0 Å². The van der Waals surface area contributed by atoms with E-state index in [1.807, 2.05) is 0 Å². The smallest absolute Gasteiger partial charge is 0.253 e. The minimum absolute atomic E-state index is 0.151. The number of carbonyl (C=O) groups excluding carboxylic acids is 1. The Kier molecular flexibility index (Phi) is 4.92. The average molecular weight is 272 g/mol. The van der Waals surface area contributed by atoms with E-state index in [-0.39, 0.29) is 11.9 Å². The minimum atomic E-state index is -1.11. The number of piperidine rings is 1. The van der Waals surface area contributed by atoms with Crippen molar-refractivity contribution in [1.82, 2.24) is 10.2 Å². The third-order valence-corrected chi connectivity index (χ3v) is 5.06. The predicted octanol–water partition coefficient (Wildman–Crippen LogP) is 0.845. The summed E-state index contributed by atoms with van der Waals surface area (Å²) in [5.74, 6) is 1.29. The summed E-state index contributed by atoms with van der Waals surface area (Å²) >= 11 is 1.66. The Morgan fingerprint density at radius 2 is 2.22 bits per heavy atom. The fraction of sp³-hybridized carbons (Fsp3) is 0.923. The van der Waals surface area contributed by atoms with E-state index in [4.69, 9.17) is 0 Å². The van der Waals surface area contributed by atoms with E-state index in [2.05, 4.69) is 17.1 Å². The Labute approximate surface area is 113 Å². The highest BCUT2D eigenvalue weighted by Gasteiger charge is 2.40. The molecule has 0 aromatic heterocycles. The van der Waals surface area contributed by atoms with Crippen LogP contribution in [0.3, 0.4) is 0 Å². The molecule has 2 aliphatic rings. The van der Waals surface area contributed by atoms with Gasteiger partial charge < -0.3 is 15.3 Å². The molecule has 0 saturated carbocycles. The van der Waals surface area contributed by atoms with Crippen molar-refractivity contribution in [2.45, 2.75) is 44.2 Å². The molecular formula is C13H24N2O2S. The highest BCUT2D eigenvalue weighted by atomic mass is 32.2. The number of likely N-dealkylation sites (tertiary alicyclic amines) is 1. The first-order valence-electron chi connectivity index (χ1n) is 6.97. The van der Waals surface area contributed by atoms with Crippen molar-refractivity contribution >= 4 is 17.7 Å². The molecule has 2 saturated heterocycles. The van der Waals surface area contributed by atoms with Crippen LogP contribution in [0.15, 0.2) is 0 Å². The molecule has 1 amide bonds. The van der Waals surface area contributed by atoms with Crippen molar-refractivity contribution in [3.63, 3.8) is 0 Å². The molecule has 18 heavy (non-hydrogen) atoms. The van der Waals surface area contributed by atoms with Crippen molar-refractivity contribution in [3.8, 4) is 0 Å². The van der Waals surface area contributed by atoms with E-state index < -0.39 is 5.60 Å². The van der Waals surface area contributed by atoms with Crippen LogP contribution in [0.2, 0.25) is 0 Å². The van der Waals surface area contributed by atoms with Gasteiger partial charge in [-0.3, -0.25) is 4.79 Å². The normalized spacial score (nSPS) is 30.6. The highest BCUT2D eigenvalue weighted by Crippen LogP contribution is 2.28. The lowest BCUT2D eigenvalue weighted by Crippen LogP contribution is -2.53. The van der Waals surface area contributed by atoms with Crippen LogP contribution in [0.1, 0.15) is 32.6 Å². The summed E-state index contributed by atoms with van der Waals surface area (Å²) in [6, 6.07) is 0.250. The fourth-order valence-electron chi connectivity index (χ4n) is 2.67. The lowest BCUT2D eigenvalue weighted by molar-refractivity contribution is -0.138. The van der Waals surface area contributed by atoms with Gasteiger partial charge in [0.25, 0.3) is 5.91 Å². The molecule has 1 atom stereocenters. The topological polar surface area (TPSA) is 52.6 Å². The van der Waals surface area contributed by atoms with Crippen LogP contribution in [0, 0.1) is 0 Å². The Morgan fingerprint density at radius 3 is 2.78 bits per heavy atom. The molecule has 2 N–H and O–H groups in total. The van der Waals surface area contributed by atoms with Crippen molar-refractivity contribution < 1.29 is 9.90 Å². The molecule has 2 aliphatic heterocycles. The summed E-state index contributed by atoms with van der Waals surface area (Å²) in [4.78, 5) is 14.5. The predicted molar refractivity (Wildman–Crippen MR) is 74.8 cm³/mol. The Bertz CT molecular complexity index is 285. The Hall–Kier alpha value is -0.260. The Balaban J connectivity index is 1.76. The number of nitrogens with one attached hydrogen (secondary N) is 1. The molecule has 4 nitrogen and oxygen atoms in total. The second kappa shape index (κ2) is 6.26. The second-order valence-electron chi connectivity index (χ2n) is 5.42. The number of nitrogens with zero attached hydrogens (tertiary/aromatic N) is 1. The lowest BCUT2D eigenvalue weighted by atomic mass is 9.99. The van der Waals surface area contributed by atoms with Gasteiger partial charge in [0.1, 0.15) is 0 Å². The van der Waals surface area contributed by atoms with Gasteiger partial charge in [0, 0.05) is 24.9 Å². The summed E-state index contributed by atoms with van der Waals surface area (Å²) in [5.41, 5.74) is -1.11. The van der Waals surface area contributed by atoms with Gasteiger partial charge in [0.2, 0.25) is 0 Å². The lowest BCUT2D eigenvalue weighted by Gasteiger charge is -2.33. The van der Waals surface area contributed by atoms with E-state index in [9.17, 15) is 9.90 Å². The number of aliphatic hydroxyl groups is 1. The molecule has 0 aliphatic carbocycles. The van der Waals surface area contributed by atoms with Gasteiger partial charge >= 0.3 is 0 Å². The van der Waals surface area contributed by atoms with Gasteiger partial charge in [-0.2, -0.15) is 11.8 Å². The van der Waals surface area contributed by atoms with Gasteiger partial charge in [-0.25, -0.2) is 0 Å². The quantitative estimate of drug-likeness (QED) is 0.796. The fourth-order valence-corrected chi connectivity index (χ4v) is 3.91. The van der Waals surface area contributed by atoms with Gasteiger partial charge in [-0.1, -0.05) is 6.92 Å². The van der Waals surface area contributed by atoms with E-state index in [0.717, 1.165) is 38.2 Å². The van der Waals surface area contributed by atoms with E-state index in [0.29, 0.717) is 12.2 Å². The van der Waals surface area contributed by atoms with E-state index in [1.54, 1.807) is 11.8 Å². The molecular weight excluding hydrogens is 248 g/mol. The number of hydrogen-bond acceptors (Lipinski definition) is 4. The molecule has 0 aromatic rings. The highest BCUT2D eigenvalue weighted by molar-refractivity contribution is 7.99. The van der Waals surface area contributed by atoms with E-state index >= 15 is 0 Å². The number of rotatable bonds is 4. The van der Waals surface area contributed by atoms with Gasteiger partial charge in [-0.05, 0) is 38.0 Å². The summed E-state index contributed by atoms with van der Waals surface area (Å²) in [6.45, 7) is 5.47. The summed E-state index contributed by atoms with van der Waals surface area (Å²) in [7, 11) is 0. The monoisotopic (exact) mass is 272 g/mol. The molecule has 0 bridgehead atoms. The molecule has 2 fully saturated rings. The number of amides is 1. The van der Waals surface area contributed by atoms with Crippen LogP contribution in [0.25, 0.3) is 0 Å². The third-order valence-electron chi connectivity index (χ3n) is 3.89. The average Bonchev–Trinajstić information content (AvgIpc) is 2.80. The van der Waals surface area contributed by atoms with Crippen LogP contribution in [-0.2, 0) is 4.79 Å². The van der Waals surface area contributed by atoms with Crippen LogP contribution < -0.4 is 5.32 Å². The number of carbonyl (C=O) groups is 1. The molecule has 1 unspecified atom stereocenters. The summed E-state index contributed by atoms with van der Waals surface area (Å²) in [5, 5.41) is 13.2. The SMILES string of the molecule is CCCN1CCC(NC(=O)C2(O)CCSC2)CC1. The molecule has 2 rings (SSSR count). The first kappa shape index (κ1) is 14.2. The maximum Gasteiger partial charge on any atom is 0.253 e. The molecule has 0 radical (unpaired) electrons. The van der Waals surface area contributed by atoms with Crippen molar-refractivity contribution in [3.05, 3.63) is 0 Å². The minimum Gasteiger partial charge on any atom is -0.379 e. The third kappa shape index (κ3) is 3.39. The number of hydrogen-bond donors (Lipinski definition) is 2. The Morgan fingerprint density at radius 1 is 1.50 bits per heavy atom. The maximum absolute atomic E-state index is 12.1. The largest absolute Gasteiger partial charge is 0.379 e. The summed E-state index contributed by atoms with van der Waals surface area (Å²) in [6.07, 6.45) is 3.80. The van der Waals surface area contributed by atoms with Gasteiger partial charge in [-0.15, -0.1) is 0 Å². The molecule has 0 aromatic carbocycles. The van der Waals surface area contributed by atoms with Gasteiger partial charge in [0.15, 0.2) is 5.60 Å². The van der Waals surface area contributed by atoms with Crippen LogP contribution in [-0.4, -0.2) is 58.7 Å². The van der Waals surface area contributed by atoms with Crippen molar-refractivity contribution in [1.29, 1.82) is 0 Å². The van der Waals surface area contributed by atoms with Crippen molar-refractivity contribution in [2.24, 2.45) is 0 Å². The van der Waals surface area contributed by atoms with Crippen LogP contribution in [0.5, 0.6) is 0 Å². The molecule has 2 heterocycles. The molecule has 5 heteroatoms. The second-order valence-corrected chi connectivity index (χ2v) is 6.53. The molecule has 104 valence electrons. The van der Waals surface area contributed by atoms with Crippen LogP contribution >= 0.6 is 11.8 Å². The van der Waals surface area contributed by atoms with Gasteiger partial charge in [0.05, 0.1) is 0 Å². The van der Waals surface area contributed by atoms with E-state index in [1.165, 1.54) is 6.42 Å². The zero-order valence-corrected chi connectivity index (χ0v) is 12.0. The maximum atomic E-state index is 12.1. The standard InChI is InChI=1S/C13H24N2O2S/c1-2-6-15-7-3-11(4-8-15)14-12(16)13(17)5-9-18-10-13/h11,17H,2-10H2,1H3,(H,14,16). The zero-order valence-electron chi connectivity index (χ0n) is 11.2. The number of thioether (sulfide) groups is 1. The summed E-state index contributed by atoms with van der Waals surface area (Å²) < 4.78 is 0. The first-order chi connectivity index (χ1) is 8.64.